The third kappa shape index (κ3) is 2.01. The van der Waals surface area contributed by atoms with E-state index in [1.807, 2.05) is 0 Å². The first-order valence-electron chi connectivity index (χ1n) is 2.87. The molecule has 0 saturated heterocycles. The lowest BCUT2D eigenvalue weighted by Gasteiger charge is -1.94. The zero-order valence-corrected chi connectivity index (χ0v) is 6.65. The Labute approximate surface area is 64.6 Å². The van der Waals surface area contributed by atoms with E-state index in [4.69, 9.17) is 0 Å². The van der Waals surface area contributed by atoms with Gasteiger partial charge in [-0.25, -0.2) is 12.8 Å². The first kappa shape index (κ1) is 8.20. The van der Waals surface area contributed by atoms with Crippen LogP contribution < -0.4 is 0 Å². The average Bonchev–Trinajstić information content (AvgIpc) is 1.86. The predicted octanol–water partition coefficient (Wildman–Crippen LogP) is 1.03. The molecule has 0 unspecified atom stereocenters. The summed E-state index contributed by atoms with van der Waals surface area (Å²) in [4.78, 5) is 0.0823. The van der Waals surface area contributed by atoms with E-state index in [1.165, 1.54) is 6.07 Å². The summed E-state index contributed by atoms with van der Waals surface area (Å²) >= 11 is 0. The lowest BCUT2D eigenvalue weighted by molar-refractivity contribution is 0.600. The van der Waals surface area contributed by atoms with Gasteiger partial charge in [0.15, 0.2) is 9.84 Å². The van der Waals surface area contributed by atoms with E-state index in [1.54, 1.807) is 0 Å². The summed E-state index contributed by atoms with van der Waals surface area (Å²) in [6, 6.07) is 5.55. The Hall–Kier alpha value is -0.900. The Morgan fingerprint density at radius 2 is 2.09 bits per heavy atom. The quantitative estimate of drug-likeness (QED) is 0.594. The van der Waals surface area contributed by atoms with Gasteiger partial charge in [0.2, 0.25) is 0 Å². The van der Waals surface area contributed by atoms with E-state index in [0.717, 1.165) is 18.4 Å². The summed E-state index contributed by atoms with van der Waals surface area (Å²) in [6.07, 6.45) is 1.06. The molecule has 1 aromatic rings. The number of halogens is 1. The van der Waals surface area contributed by atoms with E-state index < -0.39 is 15.7 Å². The summed E-state index contributed by atoms with van der Waals surface area (Å²) in [5.74, 6) is -0.558. The second-order valence-electron chi connectivity index (χ2n) is 2.14. The van der Waals surface area contributed by atoms with Gasteiger partial charge in [0, 0.05) is 12.3 Å². The summed E-state index contributed by atoms with van der Waals surface area (Å²) in [5, 5.41) is 0. The number of hydrogen-bond donors (Lipinski definition) is 0. The summed E-state index contributed by atoms with van der Waals surface area (Å²) in [5.41, 5.74) is 0. The lowest BCUT2D eigenvalue weighted by Crippen LogP contribution is -1.96. The molecule has 0 aliphatic rings. The van der Waals surface area contributed by atoms with Crippen LogP contribution in [0.1, 0.15) is 0 Å². The van der Waals surface area contributed by atoms with Crippen LogP contribution in [0.25, 0.3) is 0 Å². The highest BCUT2D eigenvalue weighted by Gasteiger charge is 2.05. The van der Waals surface area contributed by atoms with Crippen LogP contribution in [0.3, 0.4) is 0 Å². The topological polar surface area (TPSA) is 34.1 Å². The standard InChI is InChI=1S/C7H6FO2S/c1-11(9,10)7-4-2-6(8)3-5-7/h2,4-5H,1H3. The molecule has 0 aliphatic heterocycles. The van der Waals surface area contributed by atoms with Crippen molar-refractivity contribution >= 4 is 9.84 Å². The van der Waals surface area contributed by atoms with Crippen molar-refractivity contribution in [1.82, 2.24) is 0 Å². The predicted molar refractivity (Wildman–Crippen MR) is 38.3 cm³/mol. The highest BCUT2D eigenvalue weighted by molar-refractivity contribution is 7.90. The number of rotatable bonds is 1. The van der Waals surface area contributed by atoms with Crippen molar-refractivity contribution in [3.63, 3.8) is 0 Å². The van der Waals surface area contributed by atoms with E-state index >= 15 is 0 Å². The van der Waals surface area contributed by atoms with Crippen LogP contribution in [-0.2, 0) is 9.84 Å². The number of benzene rings is 1. The van der Waals surface area contributed by atoms with Crippen molar-refractivity contribution in [3.05, 3.63) is 30.1 Å². The molecule has 2 nitrogen and oxygen atoms in total. The molecule has 0 heterocycles. The van der Waals surface area contributed by atoms with Gasteiger partial charge in [-0.2, -0.15) is 0 Å². The molecule has 0 saturated carbocycles. The third-order valence-corrected chi connectivity index (χ3v) is 2.28. The van der Waals surface area contributed by atoms with Crippen molar-refractivity contribution in [2.24, 2.45) is 0 Å². The van der Waals surface area contributed by atoms with E-state index in [-0.39, 0.29) is 4.90 Å². The van der Waals surface area contributed by atoms with Gasteiger partial charge < -0.3 is 0 Å². The molecule has 0 aromatic heterocycles. The van der Waals surface area contributed by atoms with Gasteiger partial charge in [0.05, 0.1) is 4.90 Å². The lowest BCUT2D eigenvalue weighted by atomic mass is 10.4. The van der Waals surface area contributed by atoms with Gasteiger partial charge in [-0.05, 0) is 18.2 Å². The molecule has 0 N–H and O–H groups in total. The Morgan fingerprint density at radius 1 is 1.45 bits per heavy atom. The van der Waals surface area contributed by atoms with Gasteiger partial charge in [0.25, 0.3) is 0 Å². The van der Waals surface area contributed by atoms with E-state index in [0.29, 0.717) is 0 Å². The Kier molecular flexibility index (Phi) is 1.95. The maximum absolute atomic E-state index is 12.2. The van der Waals surface area contributed by atoms with Crippen LogP contribution in [-0.4, -0.2) is 14.7 Å². The maximum Gasteiger partial charge on any atom is 0.175 e. The van der Waals surface area contributed by atoms with Gasteiger partial charge in [-0.1, -0.05) is 0 Å². The molecular formula is C7H6FO2S. The molecule has 0 spiro atoms. The fraction of sp³-hybridized carbons (Fsp3) is 0.143. The Morgan fingerprint density at radius 3 is 2.45 bits per heavy atom. The van der Waals surface area contributed by atoms with Gasteiger partial charge in [0.1, 0.15) is 5.82 Å². The molecule has 1 rings (SSSR count). The van der Waals surface area contributed by atoms with Crippen LogP contribution in [0.5, 0.6) is 0 Å². The second-order valence-corrected chi connectivity index (χ2v) is 4.16. The van der Waals surface area contributed by atoms with Crippen LogP contribution >= 0.6 is 0 Å². The minimum Gasteiger partial charge on any atom is -0.224 e. The van der Waals surface area contributed by atoms with Crippen molar-refractivity contribution < 1.29 is 12.8 Å². The second kappa shape index (κ2) is 2.62. The molecule has 1 radical (unpaired) electrons. The van der Waals surface area contributed by atoms with Crippen LogP contribution in [0.2, 0.25) is 0 Å². The maximum atomic E-state index is 12.2. The Balaban J connectivity index is 3.20. The SMILES string of the molecule is CS(=O)(=O)c1c[c]c(F)cc1. The summed E-state index contributed by atoms with van der Waals surface area (Å²) in [7, 11) is -3.22. The minimum absolute atomic E-state index is 0.0823. The zero-order valence-electron chi connectivity index (χ0n) is 5.83. The molecule has 4 heteroatoms. The van der Waals surface area contributed by atoms with Crippen molar-refractivity contribution in [2.45, 2.75) is 4.90 Å². The first-order chi connectivity index (χ1) is 5.00. The largest absolute Gasteiger partial charge is 0.224 e. The molecule has 1 aromatic carbocycles. The van der Waals surface area contributed by atoms with Crippen LogP contribution in [0.4, 0.5) is 4.39 Å². The first-order valence-corrected chi connectivity index (χ1v) is 4.76. The van der Waals surface area contributed by atoms with Crippen LogP contribution in [0.15, 0.2) is 23.1 Å². The van der Waals surface area contributed by atoms with Crippen molar-refractivity contribution in [2.75, 3.05) is 6.26 Å². The average molecular weight is 173 g/mol. The molecule has 0 bridgehead atoms. The fourth-order valence-electron chi connectivity index (χ4n) is 0.622. The third-order valence-electron chi connectivity index (χ3n) is 1.17. The molecule has 0 fully saturated rings. The molecule has 11 heavy (non-hydrogen) atoms. The highest BCUT2D eigenvalue weighted by atomic mass is 32.2. The van der Waals surface area contributed by atoms with Gasteiger partial charge in [-0.3, -0.25) is 0 Å². The van der Waals surface area contributed by atoms with Crippen molar-refractivity contribution in [1.29, 1.82) is 0 Å². The molecular weight excluding hydrogens is 167 g/mol. The molecule has 0 atom stereocenters. The highest BCUT2D eigenvalue weighted by Crippen LogP contribution is 2.07. The summed E-state index contributed by atoms with van der Waals surface area (Å²) < 4.78 is 33.8. The zero-order chi connectivity index (χ0) is 8.48. The van der Waals surface area contributed by atoms with E-state index in [9.17, 15) is 12.8 Å². The molecule has 0 aliphatic carbocycles. The fourth-order valence-corrected chi connectivity index (χ4v) is 1.21. The minimum atomic E-state index is -3.22. The number of hydrogen-bond acceptors (Lipinski definition) is 2. The van der Waals surface area contributed by atoms with E-state index in [2.05, 4.69) is 6.07 Å². The molecule has 0 amide bonds. The number of sulfone groups is 1. The molecule has 59 valence electrons. The smallest absolute Gasteiger partial charge is 0.175 e. The summed E-state index contributed by atoms with van der Waals surface area (Å²) in [6.45, 7) is 0. The van der Waals surface area contributed by atoms with Gasteiger partial charge in [-0.15, -0.1) is 0 Å². The van der Waals surface area contributed by atoms with Crippen molar-refractivity contribution in [3.8, 4) is 0 Å². The normalized spacial score (nSPS) is 11.5. The van der Waals surface area contributed by atoms with Gasteiger partial charge >= 0.3 is 0 Å². The Bertz CT molecular complexity index is 339. The van der Waals surface area contributed by atoms with Crippen LogP contribution in [0, 0.1) is 11.9 Å². The monoisotopic (exact) mass is 173 g/mol.